The fraction of sp³-hybridized carbons (Fsp3) is 0.533. The first-order valence-corrected chi connectivity index (χ1v) is 7.91. The van der Waals surface area contributed by atoms with Crippen LogP contribution >= 0.6 is 15.9 Å². The lowest BCUT2D eigenvalue weighted by molar-refractivity contribution is -0.132. The van der Waals surface area contributed by atoms with Crippen LogP contribution in [-0.4, -0.2) is 42.2 Å². The second-order valence-corrected chi connectivity index (χ2v) is 5.73. The predicted octanol–water partition coefficient (Wildman–Crippen LogP) is 2.34. The molecule has 1 amide bonds. The second kappa shape index (κ2) is 7.66. The van der Waals surface area contributed by atoms with Crippen LogP contribution in [0.2, 0.25) is 0 Å². The number of aliphatic hydroxyl groups is 1. The zero-order valence-corrected chi connectivity index (χ0v) is 13.7. The van der Waals surface area contributed by atoms with Gasteiger partial charge < -0.3 is 19.5 Å². The van der Waals surface area contributed by atoms with E-state index in [1.165, 1.54) is 0 Å². The molecule has 1 aromatic carbocycles. The number of hydrogen-bond acceptors (Lipinski definition) is 4. The number of carbonyl (C=O) groups is 1. The zero-order chi connectivity index (χ0) is 15.2. The molecule has 1 fully saturated rings. The van der Waals surface area contributed by atoms with Crippen LogP contribution in [0.4, 0.5) is 0 Å². The van der Waals surface area contributed by atoms with Gasteiger partial charge in [0.05, 0.1) is 17.7 Å². The van der Waals surface area contributed by atoms with Crippen LogP contribution in [0, 0.1) is 0 Å². The van der Waals surface area contributed by atoms with Crippen molar-refractivity contribution in [2.45, 2.75) is 26.4 Å². The highest BCUT2D eigenvalue weighted by Crippen LogP contribution is 2.37. The summed E-state index contributed by atoms with van der Waals surface area (Å²) < 4.78 is 11.8. The Morgan fingerprint density at radius 2 is 2.05 bits per heavy atom. The molecular formula is C15H20BrNO4. The van der Waals surface area contributed by atoms with E-state index in [0.29, 0.717) is 22.6 Å². The minimum Gasteiger partial charge on any atom is -0.490 e. The van der Waals surface area contributed by atoms with Crippen molar-refractivity contribution in [1.29, 1.82) is 0 Å². The molecule has 1 aliphatic heterocycles. The highest BCUT2D eigenvalue weighted by Gasteiger charge is 2.20. The van der Waals surface area contributed by atoms with Gasteiger partial charge in [0.1, 0.15) is 0 Å². The summed E-state index contributed by atoms with van der Waals surface area (Å²) in [5.74, 6) is 1.03. The summed E-state index contributed by atoms with van der Waals surface area (Å²) in [6.07, 6.45) is 2.12. The van der Waals surface area contributed by atoms with Gasteiger partial charge >= 0.3 is 0 Å². The molecule has 0 aromatic heterocycles. The predicted molar refractivity (Wildman–Crippen MR) is 82.5 cm³/mol. The molecule has 21 heavy (non-hydrogen) atoms. The molecule has 0 atom stereocenters. The Kier molecular flexibility index (Phi) is 5.87. The van der Waals surface area contributed by atoms with Gasteiger partial charge in [0.25, 0.3) is 5.91 Å². The van der Waals surface area contributed by atoms with Crippen LogP contribution in [0.5, 0.6) is 11.5 Å². The van der Waals surface area contributed by atoms with E-state index >= 15 is 0 Å². The summed E-state index contributed by atoms with van der Waals surface area (Å²) in [5.41, 5.74) is 0.726. The summed E-state index contributed by atoms with van der Waals surface area (Å²) in [5, 5.41) is 9.23. The molecule has 1 aliphatic rings. The fourth-order valence-electron chi connectivity index (χ4n) is 2.31. The number of halogens is 1. The lowest BCUT2D eigenvalue weighted by Crippen LogP contribution is -2.32. The van der Waals surface area contributed by atoms with Gasteiger partial charge in [-0.1, -0.05) is 0 Å². The van der Waals surface area contributed by atoms with Crippen LogP contribution in [-0.2, 0) is 11.4 Å². The Morgan fingerprint density at radius 1 is 1.33 bits per heavy atom. The maximum atomic E-state index is 12.0. The number of hydrogen-bond donors (Lipinski definition) is 1. The standard InChI is InChI=1S/C15H20BrNO4/c1-2-20-13-8-11(9-18)7-12(16)15(13)21-10-14(19)17-5-3-4-6-17/h7-8,18H,2-6,9-10H2,1H3. The molecule has 0 radical (unpaired) electrons. The van der Waals surface area contributed by atoms with E-state index in [1.54, 1.807) is 12.1 Å². The van der Waals surface area contributed by atoms with Gasteiger partial charge in [-0.25, -0.2) is 0 Å². The van der Waals surface area contributed by atoms with Gasteiger partial charge in [-0.05, 0) is 53.4 Å². The average molecular weight is 358 g/mol. The Balaban J connectivity index is 2.08. The van der Waals surface area contributed by atoms with Crippen molar-refractivity contribution in [3.8, 4) is 11.5 Å². The molecule has 116 valence electrons. The van der Waals surface area contributed by atoms with Gasteiger partial charge in [0.2, 0.25) is 0 Å². The quantitative estimate of drug-likeness (QED) is 0.848. The number of nitrogens with zero attached hydrogens (tertiary/aromatic N) is 1. The van der Waals surface area contributed by atoms with Crippen LogP contribution < -0.4 is 9.47 Å². The highest BCUT2D eigenvalue weighted by atomic mass is 79.9. The summed E-state index contributed by atoms with van der Waals surface area (Å²) in [7, 11) is 0. The maximum Gasteiger partial charge on any atom is 0.260 e. The first-order valence-electron chi connectivity index (χ1n) is 7.12. The number of likely N-dealkylation sites (tertiary alicyclic amines) is 1. The number of amides is 1. The molecule has 0 unspecified atom stereocenters. The van der Waals surface area contributed by atoms with Gasteiger partial charge in [-0.3, -0.25) is 4.79 Å². The van der Waals surface area contributed by atoms with E-state index < -0.39 is 0 Å². The Labute approximate surface area is 133 Å². The first kappa shape index (κ1) is 16.1. The molecular weight excluding hydrogens is 338 g/mol. The van der Waals surface area contributed by atoms with E-state index in [9.17, 15) is 9.90 Å². The van der Waals surface area contributed by atoms with Crippen LogP contribution in [0.25, 0.3) is 0 Å². The molecule has 0 bridgehead atoms. The summed E-state index contributed by atoms with van der Waals surface area (Å²) >= 11 is 3.40. The minimum atomic E-state index is -0.0777. The monoisotopic (exact) mass is 357 g/mol. The normalized spacial score (nSPS) is 14.3. The topological polar surface area (TPSA) is 59.0 Å². The molecule has 1 heterocycles. The smallest absolute Gasteiger partial charge is 0.260 e. The SMILES string of the molecule is CCOc1cc(CO)cc(Br)c1OCC(=O)N1CCCC1. The van der Waals surface area contributed by atoms with E-state index in [-0.39, 0.29) is 19.1 Å². The van der Waals surface area contributed by atoms with Crippen molar-refractivity contribution in [3.63, 3.8) is 0 Å². The van der Waals surface area contributed by atoms with E-state index in [1.807, 2.05) is 11.8 Å². The molecule has 6 heteroatoms. The number of rotatable bonds is 6. The maximum absolute atomic E-state index is 12.0. The van der Waals surface area contributed by atoms with E-state index in [2.05, 4.69) is 15.9 Å². The van der Waals surface area contributed by atoms with Crippen LogP contribution in [0.15, 0.2) is 16.6 Å². The van der Waals surface area contributed by atoms with Gasteiger partial charge in [-0.15, -0.1) is 0 Å². The van der Waals surface area contributed by atoms with Crippen LogP contribution in [0.3, 0.4) is 0 Å². The van der Waals surface area contributed by atoms with Gasteiger partial charge in [0.15, 0.2) is 18.1 Å². The largest absolute Gasteiger partial charge is 0.490 e. The Hall–Kier alpha value is -1.27. The van der Waals surface area contributed by atoms with Gasteiger partial charge in [-0.2, -0.15) is 0 Å². The lowest BCUT2D eigenvalue weighted by atomic mass is 10.2. The van der Waals surface area contributed by atoms with Crippen molar-refractivity contribution in [2.24, 2.45) is 0 Å². The highest BCUT2D eigenvalue weighted by molar-refractivity contribution is 9.10. The van der Waals surface area contributed by atoms with Crippen molar-refractivity contribution in [2.75, 3.05) is 26.3 Å². The Bertz CT molecular complexity index is 501. The molecule has 0 spiro atoms. The van der Waals surface area contributed by atoms with E-state index in [0.717, 1.165) is 31.5 Å². The first-order chi connectivity index (χ1) is 10.2. The fourth-order valence-corrected chi connectivity index (χ4v) is 2.91. The van der Waals surface area contributed by atoms with Crippen molar-refractivity contribution in [3.05, 3.63) is 22.2 Å². The third kappa shape index (κ3) is 4.11. The summed E-state index contributed by atoms with van der Waals surface area (Å²) in [4.78, 5) is 13.8. The third-order valence-corrected chi connectivity index (χ3v) is 3.94. The molecule has 2 rings (SSSR count). The minimum absolute atomic E-state index is 0.00283. The average Bonchev–Trinajstić information content (AvgIpc) is 3.00. The molecule has 1 saturated heterocycles. The van der Waals surface area contributed by atoms with Crippen LogP contribution in [0.1, 0.15) is 25.3 Å². The van der Waals surface area contributed by atoms with Crippen molar-refractivity contribution >= 4 is 21.8 Å². The van der Waals surface area contributed by atoms with Crippen molar-refractivity contribution in [1.82, 2.24) is 4.90 Å². The van der Waals surface area contributed by atoms with Gasteiger partial charge in [0, 0.05) is 13.1 Å². The molecule has 1 N–H and O–H groups in total. The lowest BCUT2D eigenvalue weighted by Gasteiger charge is -2.18. The van der Waals surface area contributed by atoms with Crippen molar-refractivity contribution < 1.29 is 19.4 Å². The summed E-state index contributed by atoms with van der Waals surface area (Å²) in [6, 6.07) is 3.49. The van der Waals surface area contributed by atoms with E-state index in [4.69, 9.17) is 9.47 Å². The second-order valence-electron chi connectivity index (χ2n) is 4.87. The number of ether oxygens (including phenoxy) is 2. The number of benzene rings is 1. The zero-order valence-electron chi connectivity index (χ0n) is 12.1. The third-order valence-electron chi connectivity index (χ3n) is 3.35. The molecule has 1 aromatic rings. The summed E-state index contributed by atoms with van der Waals surface area (Å²) in [6.45, 7) is 3.90. The Morgan fingerprint density at radius 3 is 2.67 bits per heavy atom. The number of carbonyl (C=O) groups excluding carboxylic acids is 1. The molecule has 0 saturated carbocycles. The molecule has 0 aliphatic carbocycles. The number of aliphatic hydroxyl groups excluding tert-OH is 1. The molecule has 5 nitrogen and oxygen atoms in total.